The van der Waals surface area contributed by atoms with Gasteiger partial charge in [-0.2, -0.15) is 9.61 Å². The summed E-state index contributed by atoms with van der Waals surface area (Å²) in [5.41, 5.74) is 13.3. The molecule has 0 spiro atoms. The molecule has 6 heterocycles. The summed E-state index contributed by atoms with van der Waals surface area (Å²) in [5.74, 6) is 1.91. The van der Waals surface area contributed by atoms with E-state index in [1.54, 1.807) is 10.7 Å². The van der Waals surface area contributed by atoms with E-state index in [4.69, 9.17) is 10.7 Å². The average molecular weight is 499 g/mol. The molecule has 10 nitrogen and oxygen atoms in total. The summed E-state index contributed by atoms with van der Waals surface area (Å²) in [4.78, 5) is 31.8. The number of nitrogens with one attached hydrogen (secondary N) is 1. The smallest absolute Gasteiger partial charge is 0.248 e. The molecular weight excluding hydrogens is 468 g/mol. The molecule has 190 valence electrons. The molecule has 0 radical (unpaired) electrons. The number of H-pyrrole nitrogens is 1. The summed E-state index contributed by atoms with van der Waals surface area (Å²) >= 11 is 0. The van der Waals surface area contributed by atoms with Crippen molar-refractivity contribution >= 4 is 17.4 Å². The number of nitrogens with two attached hydrogens (primary N) is 1. The quantitative estimate of drug-likeness (QED) is 0.384. The fourth-order valence-electron chi connectivity index (χ4n) is 6.48. The van der Waals surface area contributed by atoms with Gasteiger partial charge >= 0.3 is 0 Å². The maximum absolute atomic E-state index is 12.4. The van der Waals surface area contributed by atoms with Gasteiger partial charge in [-0.25, -0.2) is 9.97 Å². The lowest BCUT2D eigenvalue weighted by molar-refractivity contribution is -0.138. The number of fused-ring (bicyclic) bond motifs is 3. The van der Waals surface area contributed by atoms with E-state index in [1.807, 2.05) is 36.4 Å². The number of aromatic nitrogens is 6. The molecule has 4 aromatic heterocycles. The van der Waals surface area contributed by atoms with Crippen molar-refractivity contribution in [1.29, 1.82) is 0 Å². The van der Waals surface area contributed by atoms with E-state index in [1.165, 1.54) is 0 Å². The SMILES string of the molecule is Cc1cnc(-c2ccc(-c3cnn4c(N)c(C5CC5)c(C5C[C@H]6CC[C@@H](C5)N6C(=O)CO)nc34)cn2)[nH]1. The third-order valence-electron chi connectivity index (χ3n) is 8.30. The van der Waals surface area contributed by atoms with E-state index in [-0.39, 0.29) is 23.9 Å². The number of rotatable bonds is 5. The van der Waals surface area contributed by atoms with Crippen molar-refractivity contribution in [3.05, 3.63) is 47.7 Å². The summed E-state index contributed by atoms with van der Waals surface area (Å²) in [6, 6.07) is 4.27. The van der Waals surface area contributed by atoms with Crippen molar-refractivity contribution in [2.75, 3.05) is 12.3 Å². The third kappa shape index (κ3) is 3.61. The second-order valence-corrected chi connectivity index (χ2v) is 10.7. The number of pyridine rings is 1. The van der Waals surface area contributed by atoms with Gasteiger partial charge in [0.2, 0.25) is 5.91 Å². The number of carbonyl (C=O) groups excluding carboxylic acids is 1. The van der Waals surface area contributed by atoms with E-state index >= 15 is 0 Å². The zero-order chi connectivity index (χ0) is 25.3. The lowest BCUT2D eigenvalue weighted by Crippen LogP contribution is -2.47. The first-order valence-electron chi connectivity index (χ1n) is 13.1. The fraction of sp³-hybridized carbons (Fsp3) is 0.444. The van der Waals surface area contributed by atoms with Gasteiger partial charge in [0.25, 0.3) is 0 Å². The number of aliphatic hydroxyl groups is 1. The van der Waals surface area contributed by atoms with Crippen LogP contribution >= 0.6 is 0 Å². The fourth-order valence-corrected chi connectivity index (χ4v) is 6.48. The number of piperidine rings is 1. The highest BCUT2D eigenvalue weighted by Crippen LogP contribution is 2.50. The number of hydrogen-bond acceptors (Lipinski definition) is 7. The number of imidazole rings is 1. The van der Waals surface area contributed by atoms with Gasteiger partial charge in [-0.05, 0) is 57.4 Å². The van der Waals surface area contributed by atoms with Crippen LogP contribution in [0, 0.1) is 6.92 Å². The van der Waals surface area contributed by atoms with Crippen LogP contribution in [0.4, 0.5) is 5.82 Å². The van der Waals surface area contributed by atoms with E-state index in [2.05, 4.69) is 20.1 Å². The average Bonchev–Trinajstić information content (AvgIpc) is 3.40. The first-order valence-corrected chi connectivity index (χ1v) is 13.1. The number of anilines is 1. The van der Waals surface area contributed by atoms with E-state index < -0.39 is 6.61 Å². The van der Waals surface area contributed by atoms with Crippen LogP contribution in [0.3, 0.4) is 0 Å². The first-order chi connectivity index (χ1) is 18.0. The van der Waals surface area contributed by atoms with Crippen LogP contribution < -0.4 is 5.73 Å². The Kier molecular flexibility index (Phi) is 5.07. The summed E-state index contributed by atoms with van der Waals surface area (Å²) in [5, 5.41) is 14.1. The molecule has 2 bridgehead atoms. The van der Waals surface area contributed by atoms with Crippen molar-refractivity contribution in [2.45, 2.75) is 69.4 Å². The minimum Gasteiger partial charge on any atom is -0.387 e. The number of hydrogen-bond donors (Lipinski definition) is 3. The maximum Gasteiger partial charge on any atom is 0.248 e. The van der Waals surface area contributed by atoms with Crippen LogP contribution in [0.2, 0.25) is 0 Å². The highest BCUT2D eigenvalue weighted by atomic mass is 16.3. The van der Waals surface area contributed by atoms with Gasteiger partial charge in [-0.15, -0.1) is 0 Å². The highest BCUT2D eigenvalue weighted by Gasteiger charge is 2.45. The largest absolute Gasteiger partial charge is 0.387 e. The molecule has 2 aliphatic heterocycles. The second kappa shape index (κ2) is 8.37. The normalized spacial score (nSPS) is 23.2. The molecule has 4 aromatic rings. The van der Waals surface area contributed by atoms with Crippen LogP contribution in [0.1, 0.15) is 67.3 Å². The number of nitrogen functional groups attached to an aromatic ring is 1. The first kappa shape index (κ1) is 22.4. The van der Waals surface area contributed by atoms with Crippen molar-refractivity contribution < 1.29 is 9.90 Å². The van der Waals surface area contributed by atoms with Crippen molar-refractivity contribution in [3.8, 4) is 22.6 Å². The molecule has 1 aliphatic carbocycles. The Bertz CT molecular complexity index is 1490. The molecule has 3 atom stereocenters. The Balaban J connectivity index is 1.28. The monoisotopic (exact) mass is 498 g/mol. The van der Waals surface area contributed by atoms with E-state index in [9.17, 15) is 9.90 Å². The van der Waals surface area contributed by atoms with E-state index in [0.717, 1.165) is 83.8 Å². The molecule has 0 aromatic carbocycles. The molecule has 1 saturated carbocycles. The number of aromatic amines is 1. The zero-order valence-corrected chi connectivity index (χ0v) is 20.8. The van der Waals surface area contributed by atoms with Crippen molar-refractivity contribution in [2.24, 2.45) is 0 Å². The Hall–Kier alpha value is -3.79. The van der Waals surface area contributed by atoms with Gasteiger partial charge in [-0.1, -0.05) is 6.07 Å². The van der Waals surface area contributed by atoms with Gasteiger partial charge in [0.05, 0.1) is 11.9 Å². The van der Waals surface area contributed by atoms with Gasteiger partial charge in [0.15, 0.2) is 11.5 Å². The molecule has 4 N–H and O–H groups in total. The van der Waals surface area contributed by atoms with Crippen molar-refractivity contribution in [3.63, 3.8) is 0 Å². The molecule has 37 heavy (non-hydrogen) atoms. The van der Waals surface area contributed by atoms with Crippen molar-refractivity contribution in [1.82, 2.24) is 34.4 Å². The topological polar surface area (TPSA) is 138 Å². The number of aryl methyl sites for hydroxylation is 1. The Morgan fingerprint density at radius 2 is 1.86 bits per heavy atom. The zero-order valence-electron chi connectivity index (χ0n) is 20.8. The number of nitrogens with zero attached hydrogens (tertiary/aromatic N) is 6. The number of amides is 1. The van der Waals surface area contributed by atoms with Crippen LogP contribution in [-0.2, 0) is 4.79 Å². The molecule has 7 rings (SSSR count). The van der Waals surface area contributed by atoms with Crippen LogP contribution in [0.15, 0.2) is 30.7 Å². The van der Waals surface area contributed by atoms with Gasteiger partial charge in [0.1, 0.15) is 18.1 Å². The molecule has 3 fully saturated rings. The predicted molar refractivity (Wildman–Crippen MR) is 138 cm³/mol. The maximum atomic E-state index is 12.4. The summed E-state index contributed by atoms with van der Waals surface area (Å²) in [7, 11) is 0. The highest BCUT2D eigenvalue weighted by molar-refractivity contribution is 5.80. The summed E-state index contributed by atoms with van der Waals surface area (Å²) in [6.07, 6.45) is 11.3. The molecular formula is C27H30N8O2. The molecule has 2 saturated heterocycles. The molecule has 1 amide bonds. The summed E-state index contributed by atoms with van der Waals surface area (Å²) in [6.45, 7) is 1.54. The Morgan fingerprint density at radius 3 is 2.49 bits per heavy atom. The lowest BCUT2D eigenvalue weighted by Gasteiger charge is -2.39. The minimum absolute atomic E-state index is 0.154. The van der Waals surface area contributed by atoms with Gasteiger partial charge in [0, 0.05) is 52.8 Å². The molecule has 10 heteroatoms. The summed E-state index contributed by atoms with van der Waals surface area (Å²) < 4.78 is 1.77. The van der Waals surface area contributed by atoms with Gasteiger partial charge < -0.3 is 20.7 Å². The Labute approximate surface area is 214 Å². The van der Waals surface area contributed by atoms with E-state index in [0.29, 0.717) is 11.7 Å². The number of aliphatic hydroxyl groups excluding tert-OH is 1. The molecule has 3 aliphatic rings. The number of carbonyl (C=O) groups is 1. The van der Waals surface area contributed by atoms with Crippen LogP contribution in [0.25, 0.3) is 28.3 Å². The molecule has 1 unspecified atom stereocenters. The standard InChI is InChI=1S/C27H30N8O2/c1-14-10-30-26(32-14)21-7-4-16(11-29-21)20-12-31-35-25(28)23(15-2-3-15)24(33-27(20)35)17-8-18-5-6-19(9-17)34(18)22(37)13-36/h4,7,10-12,15,17-19,36H,2-3,5-6,8-9,13,28H2,1H3,(H,30,32)/t17?,18-,19+. The second-order valence-electron chi connectivity index (χ2n) is 10.7. The third-order valence-corrected chi connectivity index (χ3v) is 8.30. The lowest BCUT2D eigenvalue weighted by atomic mass is 9.85. The van der Waals surface area contributed by atoms with Gasteiger partial charge in [-0.3, -0.25) is 9.78 Å². The Morgan fingerprint density at radius 1 is 1.08 bits per heavy atom. The minimum atomic E-state index is -0.423. The van der Waals surface area contributed by atoms with Crippen LogP contribution in [-0.4, -0.2) is 64.2 Å². The van der Waals surface area contributed by atoms with Crippen LogP contribution in [0.5, 0.6) is 0 Å². The predicted octanol–water partition coefficient (Wildman–Crippen LogP) is 3.18.